The molecule has 0 aromatic heterocycles. The van der Waals surface area contributed by atoms with Gasteiger partial charge in [0, 0.05) is 6.42 Å². The van der Waals surface area contributed by atoms with Gasteiger partial charge in [0.05, 0.1) is 0 Å². The predicted octanol–water partition coefficient (Wildman–Crippen LogP) is 2.98. The Morgan fingerprint density at radius 1 is 1.17 bits per heavy atom. The lowest BCUT2D eigenvalue weighted by Gasteiger charge is -2.17. The monoisotopic (exact) mass is 248 g/mol. The molecule has 0 radical (unpaired) electrons. The van der Waals surface area contributed by atoms with Crippen molar-refractivity contribution in [1.29, 1.82) is 0 Å². The van der Waals surface area contributed by atoms with E-state index in [1.807, 2.05) is 44.2 Å². The van der Waals surface area contributed by atoms with E-state index in [1.165, 1.54) is 0 Å². The van der Waals surface area contributed by atoms with Crippen LogP contribution in [0.3, 0.4) is 0 Å². The number of carbonyl (C=O) groups is 2. The molecule has 0 heterocycles. The molecular formula is C15H20O3. The molecule has 0 N–H and O–H groups in total. The molecule has 3 heteroatoms. The second-order valence-corrected chi connectivity index (χ2v) is 4.63. The highest BCUT2D eigenvalue weighted by Gasteiger charge is 2.29. The summed E-state index contributed by atoms with van der Waals surface area (Å²) in [6, 6.07) is 9.46. The molecule has 1 rings (SSSR count). The van der Waals surface area contributed by atoms with E-state index >= 15 is 0 Å². The van der Waals surface area contributed by atoms with Crippen molar-refractivity contribution in [2.45, 2.75) is 33.8 Å². The van der Waals surface area contributed by atoms with Crippen molar-refractivity contribution in [2.24, 2.45) is 11.8 Å². The summed E-state index contributed by atoms with van der Waals surface area (Å²) in [6.07, 6.45) is 0.364. The van der Waals surface area contributed by atoms with E-state index in [9.17, 15) is 9.59 Å². The van der Waals surface area contributed by atoms with Crippen LogP contribution in [0.4, 0.5) is 0 Å². The maximum absolute atomic E-state index is 11.9. The number of hydrogen-bond donors (Lipinski definition) is 0. The molecule has 0 saturated carbocycles. The zero-order chi connectivity index (χ0) is 13.5. The van der Waals surface area contributed by atoms with Crippen LogP contribution in [0.2, 0.25) is 0 Å². The molecule has 0 aliphatic rings. The maximum atomic E-state index is 11.9. The molecule has 0 fully saturated rings. The first-order valence-electron chi connectivity index (χ1n) is 6.29. The third kappa shape index (κ3) is 3.99. The Labute approximate surface area is 108 Å². The number of rotatable bonds is 6. The molecule has 0 saturated heterocycles. The minimum absolute atomic E-state index is 0.0271. The molecule has 3 nitrogen and oxygen atoms in total. The van der Waals surface area contributed by atoms with Gasteiger partial charge in [0.15, 0.2) is 0 Å². The van der Waals surface area contributed by atoms with Crippen LogP contribution in [-0.2, 0) is 20.9 Å². The van der Waals surface area contributed by atoms with E-state index in [2.05, 4.69) is 0 Å². The van der Waals surface area contributed by atoms with Crippen molar-refractivity contribution in [3.63, 3.8) is 0 Å². The van der Waals surface area contributed by atoms with E-state index < -0.39 is 11.9 Å². The maximum Gasteiger partial charge on any atom is 0.317 e. The summed E-state index contributed by atoms with van der Waals surface area (Å²) in [5, 5.41) is 0. The first-order chi connectivity index (χ1) is 8.56. The summed E-state index contributed by atoms with van der Waals surface area (Å²) >= 11 is 0. The second kappa shape index (κ2) is 6.94. The van der Waals surface area contributed by atoms with Gasteiger partial charge in [-0.2, -0.15) is 0 Å². The summed E-state index contributed by atoms with van der Waals surface area (Å²) in [7, 11) is 0. The van der Waals surface area contributed by atoms with Gasteiger partial charge in [0.1, 0.15) is 18.3 Å². The lowest BCUT2D eigenvalue weighted by molar-refractivity contribution is -0.155. The largest absolute Gasteiger partial charge is 0.460 e. The van der Waals surface area contributed by atoms with E-state index in [0.717, 1.165) is 5.56 Å². The van der Waals surface area contributed by atoms with Crippen LogP contribution < -0.4 is 0 Å². The van der Waals surface area contributed by atoms with Crippen LogP contribution in [0.5, 0.6) is 0 Å². The van der Waals surface area contributed by atoms with Crippen molar-refractivity contribution < 1.29 is 14.3 Å². The number of benzene rings is 1. The van der Waals surface area contributed by atoms with Gasteiger partial charge in [0.25, 0.3) is 0 Å². The molecule has 18 heavy (non-hydrogen) atoms. The first-order valence-corrected chi connectivity index (χ1v) is 6.29. The normalized spacial score (nSPS) is 12.2. The van der Waals surface area contributed by atoms with Crippen molar-refractivity contribution >= 4 is 11.8 Å². The molecule has 1 aromatic carbocycles. The SMILES string of the molecule is CCC(=O)[C@H](C(=O)OCc1ccccc1)C(C)C. The number of ketones is 1. The minimum atomic E-state index is -0.640. The van der Waals surface area contributed by atoms with Gasteiger partial charge in [-0.3, -0.25) is 9.59 Å². The topological polar surface area (TPSA) is 43.4 Å². The molecular weight excluding hydrogens is 228 g/mol. The van der Waals surface area contributed by atoms with Crippen LogP contribution >= 0.6 is 0 Å². The Kier molecular flexibility index (Phi) is 5.56. The van der Waals surface area contributed by atoms with Crippen LogP contribution in [-0.4, -0.2) is 11.8 Å². The summed E-state index contributed by atoms with van der Waals surface area (Å²) in [5.74, 6) is -1.14. The van der Waals surface area contributed by atoms with Gasteiger partial charge in [-0.25, -0.2) is 0 Å². The van der Waals surface area contributed by atoms with E-state index in [0.29, 0.717) is 6.42 Å². The zero-order valence-corrected chi connectivity index (χ0v) is 11.2. The quantitative estimate of drug-likeness (QED) is 0.574. The van der Waals surface area contributed by atoms with Gasteiger partial charge in [-0.15, -0.1) is 0 Å². The number of hydrogen-bond acceptors (Lipinski definition) is 3. The zero-order valence-electron chi connectivity index (χ0n) is 11.2. The van der Waals surface area contributed by atoms with E-state index in [-0.39, 0.29) is 18.3 Å². The Morgan fingerprint density at radius 3 is 2.28 bits per heavy atom. The molecule has 0 bridgehead atoms. The van der Waals surface area contributed by atoms with Crippen LogP contribution in [0.25, 0.3) is 0 Å². The third-order valence-electron chi connectivity index (χ3n) is 2.84. The van der Waals surface area contributed by atoms with Crippen LogP contribution in [0.15, 0.2) is 30.3 Å². The predicted molar refractivity (Wildman–Crippen MR) is 69.9 cm³/mol. The smallest absolute Gasteiger partial charge is 0.317 e. The molecule has 0 aliphatic carbocycles. The number of esters is 1. The third-order valence-corrected chi connectivity index (χ3v) is 2.84. The standard InChI is InChI=1S/C15H20O3/c1-4-13(16)14(11(2)3)15(17)18-10-12-8-6-5-7-9-12/h5-9,11,14H,4,10H2,1-3H3/t14-/m1/s1. The highest BCUT2D eigenvalue weighted by atomic mass is 16.5. The van der Waals surface area contributed by atoms with Crippen molar-refractivity contribution in [3.05, 3.63) is 35.9 Å². The van der Waals surface area contributed by atoms with Gasteiger partial charge < -0.3 is 4.74 Å². The molecule has 0 spiro atoms. The van der Waals surface area contributed by atoms with Gasteiger partial charge in [-0.1, -0.05) is 51.1 Å². The van der Waals surface area contributed by atoms with Crippen molar-refractivity contribution in [2.75, 3.05) is 0 Å². The highest BCUT2D eigenvalue weighted by molar-refractivity contribution is 5.99. The molecule has 98 valence electrons. The minimum Gasteiger partial charge on any atom is -0.460 e. The van der Waals surface area contributed by atoms with Crippen molar-refractivity contribution in [3.8, 4) is 0 Å². The number of ether oxygens (including phenoxy) is 1. The Morgan fingerprint density at radius 2 is 1.78 bits per heavy atom. The lowest BCUT2D eigenvalue weighted by atomic mass is 9.90. The van der Waals surface area contributed by atoms with Crippen molar-refractivity contribution in [1.82, 2.24) is 0 Å². The average Bonchev–Trinajstić information content (AvgIpc) is 2.37. The molecule has 0 unspecified atom stereocenters. The summed E-state index contributed by atoms with van der Waals surface area (Å²) in [5.41, 5.74) is 0.928. The summed E-state index contributed by atoms with van der Waals surface area (Å²) in [4.78, 5) is 23.6. The number of Topliss-reactive ketones (excluding diaryl/α,β-unsaturated/α-hetero) is 1. The Bertz CT molecular complexity index is 395. The highest BCUT2D eigenvalue weighted by Crippen LogP contribution is 2.16. The average molecular weight is 248 g/mol. The lowest BCUT2D eigenvalue weighted by Crippen LogP contribution is -2.30. The van der Waals surface area contributed by atoms with E-state index in [4.69, 9.17) is 4.74 Å². The Hall–Kier alpha value is -1.64. The fraction of sp³-hybridized carbons (Fsp3) is 0.467. The molecule has 1 aromatic rings. The second-order valence-electron chi connectivity index (χ2n) is 4.63. The Balaban J connectivity index is 2.60. The van der Waals surface area contributed by atoms with E-state index in [1.54, 1.807) is 6.92 Å². The summed E-state index contributed by atoms with van der Waals surface area (Å²) < 4.78 is 5.21. The van der Waals surface area contributed by atoms with Gasteiger partial charge in [0.2, 0.25) is 0 Å². The molecule has 1 atom stereocenters. The summed E-state index contributed by atoms with van der Waals surface area (Å²) in [6.45, 7) is 5.71. The molecule has 0 amide bonds. The fourth-order valence-corrected chi connectivity index (χ4v) is 1.81. The van der Waals surface area contributed by atoms with Crippen LogP contribution in [0, 0.1) is 11.8 Å². The fourth-order valence-electron chi connectivity index (χ4n) is 1.81. The van der Waals surface area contributed by atoms with Gasteiger partial charge in [-0.05, 0) is 11.5 Å². The molecule has 0 aliphatic heterocycles. The van der Waals surface area contributed by atoms with Gasteiger partial charge >= 0.3 is 5.97 Å². The number of carbonyl (C=O) groups excluding carboxylic acids is 2. The first kappa shape index (κ1) is 14.4. The van der Waals surface area contributed by atoms with Crippen LogP contribution in [0.1, 0.15) is 32.8 Å².